The Kier molecular flexibility index (Phi) is 3.98. The molecule has 0 aliphatic rings. The number of rotatable bonds is 3. The van der Waals surface area contributed by atoms with Crippen LogP contribution in [0.4, 0.5) is 0 Å². The molecule has 0 fully saturated rings. The summed E-state index contributed by atoms with van der Waals surface area (Å²) < 4.78 is 0. The topological polar surface area (TPSA) is 45.8 Å². The molecule has 2 aromatic heterocycles. The second-order valence-electron chi connectivity index (χ2n) is 6.32. The third-order valence-corrected chi connectivity index (χ3v) is 5.25. The molecule has 0 saturated heterocycles. The normalized spacial score (nSPS) is 11.1. The predicted octanol–water partition coefficient (Wildman–Crippen LogP) is 4.86. The van der Waals surface area contributed by atoms with Gasteiger partial charge in [0.25, 0.3) is 5.56 Å². The summed E-state index contributed by atoms with van der Waals surface area (Å²) in [5, 5.41) is 2.73. The number of aryl methyl sites for hydroxylation is 2. The van der Waals surface area contributed by atoms with Gasteiger partial charge >= 0.3 is 0 Å². The first-order valence-electron chi connectivity index (χ1n) is 8.24. The zero-order valence-corrected chi connectivity index (χ0v) is 15.0. The lowest BCUT2D eigenvalue weighted by Gasteiger charge is -2.06. The predicted molar refractivity (Wildman–Crippen MR) is 104 cm³/mol. The van der Waals surface area contributed by atoms with Crippen molar-refractivity contribution in [1.82, 2.24) is 9.97 Å². The van der Waals surface area contributed by atoms with Crippen molar-refractivity contribution in [2.45, 2.75) is 20.3 Å². The molecule has 0 radical (unpaired) electrons. The zero-order chi connectivity index (χ0) is 17.4. The number of nitrogens with one attached hydrogen (secondary N) is 1. The average Bonchev–Trinajstić information content (AvgIpc) is 3.00. The van der Waals surface area contributed by atoms with E-state index in [1.54, 1.807) is 0 Å². The smallest absolute Gasteiger partial charge is 0.260 e. The molecular formula is C21H18N2OS. The zero-order valence-electron chi connectivity index (χ0n) is 14.2. The Morgan fingerprint density at radius 1 is 1.04 bits per heavy atom. The van der Waals surface area contributed by atoms with Gasteiger partial charge in [-0.2, -0.15) is 0 Å². The van der Waals surface area contributed by atoms with E-state index in [4.69, 9.17) is 0 Å². The summed E-state index contributed by atoms with van der Waals surface area (Å²) >= 11 is 1.53. The number of nitrogens with zero attached hydrogens (tertiary/aromatic N) is 1. The van der Waals surface area contributed by atoms with E-state index < -0.39 is 0 Å². The lowest BCUT2D eigenvalue weighted by atomic mass is 9.99. The Balaban J connectivity index is 1.81. The maximum atomic E-state index is 12.7. The minimum Gasteiger partial charge on any atom is -0.310 e. The minimum absolute atomic E-state index is 0.0628. The van der Waals surface area contributed by atoms with Crippen molar-refractivity contribution in [3.8, 4) is 11.1 Å². The molecule has 0 unspecified atom stereocenters. The summed E-state index contributed by atoms with van der Waals surface area (Å²) in [6, 6.07) is 16.4. The molecular weight excluding hydrogens is 328 g/mol. The van der Waals surface area contributed by atoms with Gasteiger partial charge in [-0.05, 0) is 30.5 Å². The number of benzene rings is 2. The van der Waals surface area contributed by atoms with E-state index in [0.717, 1.165) is 21.5 Å². The molecule has 0 atom stereocenters. The molecule has 2 aromatic carbocycles. The van der Waals surface area contributed by atoms with Crippen molar-refractivity contribution < 1.29 is 0 Å². The van der Waals surface area contributed by atoms with E-state index in [9.17, 15) is 4.79 Å². The molecule has 1 N–H and O–H groups in total. The molecule has 3 nitrogen and oxygen atoms in total. The quantitative estimate of drug-likeness (QED) is 0.576. The maximum Gasteiger partial charge on any atom is 0.260 e. The number of aromatic nitrogens is 2. The van der Waals surface area contributed by atoms with Crippen LogP contribution in [-0.4, -0.2) is 9.97 Å². The van der Waals surface area contributed by atoms with Crippen LogP contribution in [0.1, 0.15) is 22.5 Å². The number of fused-ring (bicyclic) bond motifs is 1. The Morgan fingerprint density at radius 2 is 1.84 bits per heavy atom. The van der Waals surface area contributed by atoms with Crippen LogP contribution in [0.25, 0.3) is 21.3 Å². The van der Waals surface area contributed by atoms with Crippen molar-refractivity contribution >= 4 is 21.6 Å². The first-order valence-corrected chi connectivity index (χ1v) is 9.12. The van der Waals surface area contributed by atoms with Gasteiger partial charge in [0, 0.05) is 17.4 Å². The summed E-state index contributed by atoms with van der Waals surface area (Å²) in [5.74, 6) is 0.706. The van der Waals surface area contributed by atoms with Gasteiger partial charge in [0.2, 0.25) is 0 Å². The van der Waals surface area contributed by atoms with Gasteiger partial charge in [0.15, 0.2) is 0 Å². The van der Waals surface area contributed by atoms with Crippen LogP contribution >= 0.6 is 11.3 Å². The van der Waals surface area contributed by atoms with Gasteiger partial charge in [0.1, 0.15) is 10.7 Å². The third-order valence-electron chi connectivity index (χ3n) is 4.38. The van der Waals surface area contributed by atoms with Gasteiger partial charge < -0.3 is 4.98 Å². The molecule has 25 heavy (non-hydrogen) atoms. The maximum absolute atomic E-state index is 12.7. The highest BCUT2D eigenvalue weighted by molar-refractivity contribution is 7.17. The Labute approximate surface area is 150 Å². The van der Waals surface area contributed by atoms with E-state index in [1.165, 1.54) is 22.5 Å². The van der Waals surface area contributed by atoms with Crippen LogP contribution in [0.2, 0.25) is 0 Å². The van der Waals surface area contributed by atoms with E-state index in [-0.39, 0.29) is 5.56 Å². The molecule has 0 bridgehead atoms. The Morgan fingerprint density at radius 3 is 2.60 bits per heavy atom. The SMILES string of the molecule is Cc1ccc(-c2csc3nc(Cc4ccccc4)[nH]c(=O)c23)c(C)c1. The minimum atomic E-state index is -0.0628. The highest BCUT2D eigenvalue weighted by Gasteiger charge is 2.14. The molecule has 0 saturated carbocycles. The summed E-state index contributed by atoms with van der Waals surface area (Å²) in [6.45, 7) is 4.16. The first kappa shape index (κ1) is 15.8. The number of thiophene rings is 1. The van der Waals surface area contributed by atoms with Gasteiger partial charge in [0.05, 0.1) is 5.39 Å². The Hall–Kier alpha value is -2.72. The molecule has 0 aliphatic carbocycles. The second-order valence-corrected chi connectivity index (χ2v) is 7.18. The van der Waals surface area contributed by atoms with Crippen LogP contribution in [-0.2, 0) is 6.42 Å². The van der Waals surface area contributed by atoms with Crippen LogP contribution in [0, 0.1) is 13.8 Å². The standard InChI is InChI=1S/C21H18N2OS/c1-13-8-9-16(14(2)10-13)17-12-25-21-19(17)20(24)22-18(23-21)11-15-6-4-3-5-7-15/h3-10,12H,11H2,1-2H3,(H,22,23,24). The van der Waals surface area contributed by atoms with E-state index in [0.29, 0.717) is 17.6 Å². The van der Waals surface area contributed by atoms with E-state index in [2.05, 4.69) is 42.0 Å². The summed E-state index contributed by atoms with van der Waals surface area (Å²) in [7, 11) is 0. The number of hydrogen-bond acceptors (Lipinski definition) is 3. The van der Waals surface area contributed by atoms with Gasteiger partial charge in [-0.25, -0.2) is 4.98 Å². The average molecular weight is 346 g/mol. The molecule has 0 spiro atoms. The molecule has 4 rings (SSSR count). The van der Waals surface area contributed by atoms with Gasteiger partial charge in [-0.15, -0.1) is 11.3 Å². The fourth-order valence-corrected chi connectivity index (χ4v) is 4.14. The van der Waals surface area contributed by atoms with Crippen molar-refractivity contribution in [2.75, 3.05) is 0 Å². The molecule has 0 amide bonds. The largest absolute Gasteiger partial charge is 0.310 e. The van der Waals surface area contributed by atoms with Crippen molar-refractivity contribution in [1.29, 1.82) is 0 Å². The lowest BCUT2D eigenvalue weighted by Crippen LogP contribution is -2.11. The molecule has 0 aliphatic heterocycles. The van der Waals surface area contributed by atoms with Crippen molar-refractivity contribution in [2.24, 2.45) is 0 Å². The van der Waals surface area contributed by atoms with Gasteiger partial charge in [-0.1, -0.05) is 54.1 Å². The molecule has 124 valence electrons. The van der Waals surface area contributed by atoms with Crippen molar-refractivity contribution in [3.63, 3.8) is 0 Å². The second kappa shape index (κ2) is 6.30. The highest BCUT2D eigenvalue weighted by atomic mass is 32.1. The molecule has 4 heteroatoms. The van der Waals surface area contributed by atoms with Gasteiger partial charge in [-0.3, -0.25) is 4.79 Å². The van der Waals surface area contributed by atoms with E-state index in [1.807, 2.05) is 35.7 Å². The van der Waals surface area contributed by atoms with Crippen LogP contribution in [0.15, 0.2) is 58.7 Å². The summed E-state index contributed by atoms with van der Waals surface area (Å²) in [4.78, 5) is 21.2. The number of hydrogen-bond donors (Lipinski definition) is 1. The molecule has 2 heterocycles. The summed E-state index contributed by atoms with van der Waals surface area (Å²) in [5.41, 5.74) is 5.53. The van der Waals surface area contributed by atoms with Crippen LogP contribution < -0.4 is 5.56 Å². The highest BCUT2D eigenvalue weighted by Crippen LogP contribution is 2.33. The third kappa shape index (κ3) is 3.01. The molecule has 4 aromatic rings. The van der Waals surface area contributed by atoms with Crippen LogP contribution in [0.3, 0.4) is 0 Å². The van der Waals surface area contributed by atoms with E-state index >= 15 is 0 Å². The first-order chi connectivity index (χ1) is 12.1. The van der Waals surface area contributed by atoms with Crippen molar-refractivity contribution in [3.05, 3.63) is 86.8 Å². The summed E-state index contributed by atoms with van der Waals surface area (Å²) in [6.07, 6.45) is 0.628. The number of aromatic amines is 1. The van der Waals surface area contributed by atoms with Crippen LogP contribution in [0.5, 0.6) is 0 Å². The fourth-order valence-electron chi connectivity index (χ4n) is 3.18. The number of H-pyrrole nitrogens is 1. The fraction of sp³-hybridized carbons (Fsp3) is 0.143. The Bertz CT molecular complexity index is 1110. The monoisotopic (exact) mass is 346 g/mol. The lowest BCUT2D eigenvalue weighted by molar-refractivity contribution is 0.977.